The molecule has 0 unspecified atom stereocenters. The number of aryl methyl sites for hydroxylation is 1. The Bertz CT molecular complexity index is 684. The van der Waals surface area contributed by atoms with Gasteiger partial charge in [0, 0.05) is 17.5 Å². The van der Waals surface area contributed by atoms with Gasteiger partial charge in [-0.05, 0) is 54.0 Å². The van der Waals surface area contributed by atoms with Crippen molar-refractivity contribution in [3.8, 4) is 0 Å². The van der Waals surface area contributed by atoms with Gasteiger partial charge >= 0.3 is 0 Å². The minimum absolute atomic E-state index is 0.101. The minimum Gasteiger partial charge on any atom is -0.332 e. The van der Waals surface area contributed by atoms with Gasteiger partial charge in [-0.25, -0.2) is 0 Å². The average Bonchev–Trinajstić information content (AvgIpc) is 3.03. The van der Waals surface area contributed by atoms with Crippen LogP contribution in [0.4, 0.5) is 0 Å². The van der Waals surface area contributed by atoms with Gasteiger partial charge in [-0.3, -0.25) is 4.79 Å². The largest absolute Gasteiger partial charge is 0.332 e. The highest BCUT2D eigenvalue weighted by atomic mass is 32.1. The highest BCUT2D eigenvalue weighted by molar-refractivity contribution is 7.10. The van der Waals surface area contributed by atoms with Crippen LogP contribution in [0.15, 0.2) is 41.8 Å². The first-order chi connectivity index (χ1) is 10.7. The molecule has 22 heavy (non-hydrogen) atoms. The molecule has 0 fully saturated rings. The molecule has 0 aliphatic carbocycles. The summed E-state index contributed by atoms with van der Waals surface area (Å²) in [5.41, 5.74) is 3.70. The molecule has 0 saturated carbocycles. The molecule has 1 aliphatic rings. The Kier molecular flexibility index (Phi) is 4.44. The number of carbonyl (C=O) groups is 1. The highest BCUT2D eigenvalue weighted by Gasteiger charge is 2.26. The van der Waals surface area contributed by atoms with Crippen molar-refractivity contribution in [1.82, 2.24) is 4.90 Å². The summed E-state index contributed by atoms with van der Waals surface area (Å²) in [7, 11) is 0. The van der Waals surface area contributed by atoms with E-state index in [0.29, 0.717) is 0 Å². The fraction of sp³-hybridized carbons (Fsp3) is 0.316. The van der Waals surface area contributed by atoms with Crippen LogP contribution in [0, 0.1) is 0 Å². The predicted octanol–water partition coefficient (Wildman–Crippen LogP) is 4.47. The fourth-order valence-corrected chi connectivity index (χ4v) is 3.90. The molecule has 0 saturated heterocycles. The lowest BCUT2D eigenvalue weighted by molar-refractivity contribution is -0.128. The topological polar surface area (TPSA) is 20.3 Å². The normalized spacial score (nSPS) is 17.7. The van der Waals surface area contributed by atoms with E-state index in [4.69, 9.17) is 0 Å². The Labute approximate surface area is 136 Å². The van der Waals surface area contributed by atoms with Crippen LogP contribution in [-0.4, -0.2) is 17.4 Å². The van der Waals surface area contributed by atoms with E-state index in [9.17, 15) is 4.79 Å². The molecule has 1 aromatic heterocycles. The molecule has 3 rings (SSSR count). The maximum Gasteiger partial charge on any atom is 0.247 e. The van der Waals surface area contributed by atoms with Crippen LogP contribution in [0.3, 0.4) is 0 Å². The number of rotatable bonds is 3. The van der Waals surface area contributed by atoms with Gasteiger partial charge in [-0.15, -0.1) is 11.3 Å². The van der Waals surface area contributed by atoms with Gasteiger partial charge < -0.3 is 4.90 Å². The van der Waals surface area contributed by atoms with E-state index in [1.165, 1.54) is 16.0 Å². The Morgan fingerprint density at radius 1 is 1.32 bits per heavy atom. The van der Waals surface area contributed by atoms with Gasteiger partial charge in [-0.1, -0.05) is 31.2 Å². The summed E-state index contributed by atoms with van der Waals surface area (Å²) >= 11 is 1.80. The Balaban J connectivity index is 1.70. The molecule has 0 bridgehead atoms. The summed E-state index contributed by atoms with van der Waals surface area (Å²) in [6.07, 6.45) is 5.63. The first kappa shape index (κ1) is 15.0. The van der Waals surface area contributed by atoms with E-state index in [-0.39, 0.29) is 11.9 Å². The lowest BCUT2D eigenvalue weighted by Crippen LogP contribution is -2.37. The van der Waals surface area contributed by atoms with Crippen LogP contribution in [0.2, 0.25) is 0 Å². The number of carbonyl (C=O) groups excluding carboxylic acids is 1. The lowest BCUT2D eigenvalue weighted by Gasteiger charge is -2.32. The standard InChI is InChI=1S/C19H21NOS/c1-3-15-4-6-16(7-5-15)8-9-19(21)20-12-10-18-17(14(20)2)11-13-22-18/h4-9,11,13-14H,3,10,12H2,1-2H3/b9-8+/t14-/m0/s1. The molecule has 2 nitrogen and oxygen atoms in total. The monoisotopic (exact) mass is 311 g/mol. The van der Waals surface area contributed by atoms with Crippen LogP contribution >= 0.6 is 11.3 Å². The molecule has 1 amide bonds. The molecule has 0 spiro atoms. The summed E-state index contributed by atoms with van der Waals surface area (Å²) in [6, 6.07) is 10.7. The molecular weight excluding hydrogens is 290 g/mol. The molecule has 2 aromatic rings. The van der Waals surface area contributed by atoms with Crippen LogP contribution < -0.4 is 0 Å². The summed E-state index contributed by atoms with van der Waals surface area (Å²) in [5.74, 6) is 0.101. The summed E-state index contributed by atoms with van der Waals surface area (Å²) < 4.78 is 0. The van der Waals surface area contributed by atoms with E-state index in [2.05, 4.69) is 49.6 Å². The molecule has 0 radical (unpaired) electrons. The molecular formula is C19H21NOS. The van der Waals surface area contributed by atoms with Gasteiger partial charge in [0.15, 0.2) is 0 Å². The smallest absolute Gasteiger partial charge is 0.247 e. The molecule has 2 heterocycles. The maximum absolute atomic E-state index is 12.5. The number of hydrogen-bond acceptors (Lipinski definition) is 2. The second kappa shape index (κ2) is 6.49. The minimum atomic E-state index is 0.101. The second-order valence-corrected chi connectivity index (χ2v) is 6.69. The number of hydrogen-bond donors (Lipinski definition) is 0. The molecule has 0 N–H and O–H groups in total. The van der Waals surface area contributed by atoms with Gasteiger partial charge in [-0.2, -0.15) is 0 Å². The van der Waals surface area contributed by atoms with Crippen molar-refractivity contribution in [3.05, 3.63) is 63.4 Å². The third-order valence-electron chi connectivity index (χ3n) is 4.37. The zero-order valence-corrected chi connectivity index (χ0v) is 13.9. The number of fused-ring (bicyclic) bond motifs is 1. The third-order valence-corrected chi connectivity index (χ3v) is 5.36. The van der Waals surface area contributed by atoms with Gasteiger partial charge in [0.2, 0.25) is 5.91 Å². The van der Waals surface area contributed by atoms with Crippen molar-refractivity contribution < 1.29 is 4.79 Å². The number of benzene rings is 1. The van der Waals surface area contributed by atoms with E-state index in [1.54, 1.807) is 17.4 Å². The van der Waals surface area contributed by atoms with Crippen LogP contribution in [0.1, 0.15) is 41.5 Å². The summed E-state index contributed by atoms with van der Waals surface area (Å²) in [5, 5.41) is 2.13. The quantitative estimate of drug-likeness (QED) is 0.766. The van der Waals surface area contributed by atoms with Crippen LogP contribution in [0.25, 0.3) is 6.08 Å². The maximum atomic E-state index is 12.5. The van der Waals surface area contributed by atoms with Crippen molar-refractivity contribution in [2.45, 2.75) is 32.7 Å². The Morgan fingerprint density at radius 3 is 2.82 bits per heavy atom. The lowest BCUT2D eigenvalue weighted by atomic mass is 10.0. The van der Waals surface area contributed by atoms with E-state index in [1.807, 2.05) is 11.0 Å². The zero-order chi connectivity index (χ0) is 15.5. The van der Waals surface area contributed by atoms with Crippen molar-refractivity contribution in [1.29, 1.82) is 0 Å². The molecule has 1 aliphatic heterocycles. The van der Waals surface area contributed by atoms with E-state index < -0.39 is 0 Å². The molecule has 1 aromatic carbocycles. The first-order valence-electron chi connectivity index (χ1n) is 7.83. The fourth-order valence-electron chi connectivity index (χ4n) is 2.94. The van der Waals surface area contributed by atoms with Crippen LogP contribution in [0.5, 0.6) is 0 Å². The van der Waals surface area contributed by atoms with Crippen molar-refractivity contribution >= 4 is 23.3 Å². The Morgan fingerprint density at radius 2 is 2.09 bits per heavy atom. The summed E-state index contributed by atoms with van der Waals surface area (Å²) in [4.78, 5) is 15.9. The average molecular weight is 311 g/mol. The van der Waals surface area contributed by atoms with Crippen LogP contribution in [-0.2, 0) is 17.6 Å². The van der Waals surface area contributed by atoms with Gasteiger partial charge in [0.05, 0.1) is 6.04 Å². The number of amides is 1. The second-order valence-electron chi connectivity index (χ2n) is 5.69. The van der Waals surface area contributed by atoms with E-state index >= 15 is 0 Å². The first-order valence-corrected chi connectivity index (χ1v) is 8.71. The van der Waals surface area contributed by atoms with Crippen molar-refractivity contribution in [3.63, 3.8) is 0 Å². The van der Waals surface area contributed by atoms with Gasteiger partial charge in [0.25, 0.3) is 0 Å². The Hall–Kier alpha value is -1.87. The predicted molar refractivity (Wildman–Crippen MR) is 93.0 cm³/mol. The number of nitrogens with zero attached hydrogens (tertiary/aromatic N) is 1. The summed E-state index contributed by atoms with van der Waals surface area (Å²) in [6.45, 7) is 5.07. The highest BCUT2D eigenvalue weighted by Crippen LogP contribution is 2.32. The zero-order valence-electron chi connectivity index (χ0n) is 13.1. The molecule has 1 atom stereocenters. The molecule has 3 heteroatoms. The third kappa shape index (κ3) is 3.00. The SMILES string of the molecule is CCc1ccc(/C=C/C(=O)N2CCc3sccc3[C@@H]2C)cc1. The molecule has 114 valence electrons. The number of thiophene rings is 1. The van der Waals surface area contributed by atoms with Crippen molar-refractivity contribution in [2.24, 2.45) is 0 Å². The van der Waals surface area contributed by atoms with Crippen molar-refractivity contribution in [2.75, 3.05) is 6.54 Å². The van der Waals surface area contributed by atoms with Gasteiger partial charge in [0.1, 0.15) is 0 Å². The van der Waals surface area contributed by atoms with E-state index in [0.717, 1.165) is 24.9 Å².